The largest absolute Gasteiger partial charge is 0.461 e. The number of carbonyl (C=O) groups excluding carboxylic acids is 2. The summed E-state index contributed by atoms with van der Waals surface area (Å²) in [6.07, 6.45) is 2.68. The number of aromatic nitrogens is 3. The normalized spacial score (nSPS) is 17.4. The molecule has 1 atom stereocenters. The second-order valence-corrected chi connectivity index (χ2v) is 10.6. The molecule has 2 aliphatic heterocycles. The van der Waals surface area contributed by atoms with Gasteiger partial charge in [-0.25, -0.2) is 14.5 Å². The van der Waals surface area contributed by atoms with Gasteiger partial charge < -0.3 is 19.7 Å². The summed E-state index contributed by atoms with van der Waals surface area (Å²) in [4.78, 5) is 31.7. The topological polar surface area (TPSA) is 98.6 Å². The van der Waals surface area contributed by atoms with Crippen LogP contribution in [0.1, 0.15) is 67.7 Å². The van der Waals surface area contributed by atoms with Crippen molar-refractivity contribution < 1.29 is 19.1 Å². The van der Waals surface area contributed by atoms with E-state index in [4.69, 9.17) is 31.2 Å². The molecule has 10 heteroatoms. The monoisotopic (exact) mass is 553 g/mol. The molecule has 2 aliphatic rings. The molecule has 9 nitrogen and oxygen atoms in total. The average molecular weight is 554 g/mol. The van der Waals surface area contributed by atoms with Crippen LogP contribution in [-0.2, 0) is 14.3 Å². The maximum absolute atomic E-state index is 12.9. The van der Waals surface area contributed by atoms with E-state index in [-0.39, 0.29) is 35.9 Å². The molecular formula is C29H36ClN5O4. The summed E-state index contributed by atoms with van der Waals surface area (Å²) in [6, 6.07) is 10.4. The number of benzene rings is 1. The lowest BCUT2D eigenvalue weighted by molar-refractivity contribution is -0.111. The van der Waals surface area contributed by atoms with E-state index in [1.54, 1.807) is 6.92 Å². The Morgan fingerprint density at radius 3 is 2.56 bits per heavy atom. The first-order valence-electron chi connectivity index (χ1n) is 13.9. The summed E-state index contributed by atoms with van der Waals surface area (Å²) in [7, 11) is 0. The molecule has 2 fully saturated rings. The molecule has 3 aromatic rings. The lowest BCUT2D eigenvalue weighted by Crippen LogP contribution is -2.36. The predicted molar refractivity (Wildman–Crippen MR) is 152 cm³/mol. The lowest BCUT2D eigenvalue weighted by Gasteiger charge is -2.29. The molecule has 0 bridgehead atoms. The highest BCUT2D eigenvalue weighted by Gasteiger charge is 2.28. The van der Waals surface area contributed by atoms with Gasteiger partial charge in [-0.05, 0) is 80.2 Å². The van der Waals surface area contributed by atoms with Gasteiger partial charge in [0.05, 0.1) is 36.9 Å². The first kappa shape index (κ1) is 27.6. The molecule has 1 N–H and O–H groups in total. The van der Waals surface area contributed by atoms with Crippen molar-refractivity contribution in [2.45, 2.75) is 51.5 Å². The van der Waals surface area contributed by atoms with Crippen molar-refractivity contribution >= 4 is 39.5 Å². The van der Waals surface area contributed by atoms with E-state index in [1.807, 2.05) is 10.7 Å². The van der Waals surface area contributed by atoms with Gasteiger partial charge in [0.25, 0.3) is 0 Å². The molecule has 0 spiro atoms. The number of rotatable bonds is 9. The van der Waals surface area contributed by atoms with Gasteiger partial charge in [0.2, 0.25) is 5.24 Å². The number of nitrogens with one attached hydrogen (secondary N) is 1. The molecule has 0 radical (unpaired) electrons. The first-order valence-corrected chi connectivity index (χ1v) is 14.3. The molecule has 5 rings (SSSR count). The molecule has 39 heavy (non-hydrogen) atoms. The lowest BCUT2D eigenvalue weighted by atomic mass is 9.94. The number of hydrogen-bond donors (Lipinski definition) is 1. The Balaban J connectivity index is 1.66. The van der Waals surface area contributed by atoms with Crippen LogP contribution in [0.4, 0.5) is 5.69 Å². The van der Waals surface area contributed by atoms with Crippen LogP contribution in [0.3, 0.4) is 0 Å². The number of pyridine rings is 1. The molecule has 1 aromatic carbocycles. The number of morpholine rings is 1. The SMILES string of the molecule is CCOC(=O)c1cc(-c2ccc(N3CCOCC3)cc2)c2c(C(C)CCC(=O)Cl)nn(C3CCNCC3)c2n1. The Bertz CT molecular complexity index is 1310. The quantitative estimate of drug-likeness (QED) is 0.301. The molecule has 0 saturated carbocycles. The van der Waals surface area contributed by atoms with E-state index in [0.29, 0.717) is 12.1 Å². The Morgan fingerprint density at radius 1 is 1.18 bits per heavy atom. The zero-order valence-electron chi connectivity index (χ0n) is 22.6. The van der Waals surface area contributed by atoms with Crippen LogP contribution in [0.2, 0.25) is 0 Å². The fourth-order valence-electron chi connectivity index (χ4n) is 5.49. The van der Waals surface area contributed by atoms with Crippen LogP contribution in [0, 0.1) is 0 Å². The summed E-state index contributed by atoms with van der Waals surface area (Å²) in [5, 5.41) is 9.08. The minimum absolute atomic E-state index is 0.0280. The highest BCUT2D eigenvalue weighted by atomic mass is 35.5. The van der Waals surface area contributed by atoms with Crippen LogP contribution >= 0.6 is 11.6 Å². The van der Waals surface area contributed by atoms with Crippen LogP contribution < -0.4 is 10.2 Å². The first-order chi connectivity index (χ1) is 19.0. The highest BCUT2D eigenvalue weighted by Crippen LogP contribution is 2.38. The van der Waals surface area contributed by atoms with Gasteiger partial charge in [0.15, 0.2) is 11.3 Å². The summed E-state index contributed by atoms with van der Waals surface area (Å²) in [5.41, 5.74) is 4.81. The maximum atomic E-state index is 12.9. The standard InChI is InChI=1S/C29H36ClN5O4/c1-3-39-29(37)24-18-23(20-5-7-21(8-6-20)34-14-16-38-17-15-34)26-27(19(2)4-9-25(30)36)33-35(28(26)32-24)22-10-12-31-13-11-22/h5-8,18-19,22,31H,3-4,9-17H2,1-2H3. The molecule has 4 heterocycles. The van der Waals surface area contributed by atoms with Crippen molar-refractivity contribution in [1.29, 1.82) is 0 Å². The Kier molecular flexibility index (Phi) is 8.79. The van der Waals surface area contributed by atoms with Crippen molar-refractivity contribution in [3.8, 4) is 11.1 Å². The minimum atomic E-state index is -0.453. The number of halogens is 1. The third-order valence-corrected chi connectivity index (χ3v) is 7.81. The van der Waals surface area contributed by atoms with Crippen molar-refractivity contribution in [2.75, 3.05) is 50.9 Å². The van der Waals surface area contributed by atoms with E-state index in [9.17, 15) is 9.59 Å². The fourth-order valence-corrected chi connectivity index (χ4v) is 5.60. The molecule has 1 unspecified atom stereocenters. The van der Waals surface area contributed by atoms with Crippen molar-refractivity contribution in [2.24, 2.45) is 0 Å². The average Bonchev–Trinajstić information content (AvgIpc) is 3.36. The van der Waals surface area contributed by atoms with Crippen LogP contribution in [0.25, 0.3) is 22.2 Å². The number of carbonyl (C=O) groups is 2. The number of piperidine rings is 1. The van der Waals surface area contributed by atoms with Gasteiger partial charge in [-0.2, -0.15) is 5.10 Å². The molecule has 2 aromatic heterocycles. The Morgan fingerprint density at radius 2 is 1.90 bits per heavy atom. The Hall–Kier alpha value is -3.01. The smallest absolute Gasteiger partial charge is 0.357 e. The van der Waals surface area contributed by atoms with Crippen LogP contribution in [0.5, 0.6) is 0 Å². The van der Waals surface area contributed by atoms with Gasteiger partial charge in [0, 0.05) is 31.1 Å². The molecule has 0 amide bonds. The second-order valence-electron chi connectivity index (χ2n) is 10.2. The Labute approximate surface area is 233 Å². The second kappa shape index (κ2) is 12.4. The molecule has 2 saturated heterocycles. The van der Waals surface area contributed by atoms with Gasteiger partial charge in [-0.1, -0.05) is 19.1 Å². The minimum Gasteiger partial charge on any atom is -0.461 e. The zero-order chi connectivity index (χ0) is 27.4. The third-order valence-electron chi connectivity index (χ3n) is 7.62. The molecular weight excluding hydrogens is 518 g/mol. The molecule has 208 valence electrons. The molecule has 0 aliphatic carbocycles. The number of ether oxygens (including phenoxy) is 2. The summed E-state index contributed by atoms with van der Waals surface area (Å²) < 4.78 is 12.9. The summed E-state index contributed by atoms with van der Waals surface area (Å²) in [6.45, 7) is 9.07. The fraction of sp³-hybridized carbons (Fsp3) is 0.517. The van der Waals surface area contributed by atoms with E-state index >= 15 is 0 Å². The van der Waals surface area contributed by atoms with Gasteiger partial charge in [-0.15, -0.1) is 0 Å². The maximum Gasteiger partial charge on any atom is 0.357 e. The highest BCUT2D eigenvalue weighted by molar-refractivity contribution is 6.63. The number of nitrogens with zero attached hydrogens (tertiary/aromatic N) is 4. The van der Waals surface area contributed by atoms with Gasteiger partial charge in [-0.3, -0.25) is 4.79 Å². The number of hydrogen-bond acceptors (Lipinski definition) is 8. The van der Waals surface area contributed by atoms with E-state index in [2.05, 4.69) is 41.4 Å². The number of anilines is 1. The third kappa shape index (κ3) is 6.10. The summed E-state index contributed by atoms with van der Waals surface area (Å²) in [5.74, 6) is -0.481. The van der Waals surface area contributed by atoms with Crippen LogP contribution in [-0.4, -0.2) is 72.0 Å². The summed E-state index contributed by atoms with van der Waals surface area (Å²) >= 11 is 5.70. The van der Waals surface area contributed by atoms with Crippen molar-refractivity contribution in [3.05, 3.63) is 41.7 Å². The van der Waals surface area contributed by atoms with E-state index in [0.717, 1.165) is 80.1 Å². The van der Waals surface area contributed by atoms with Crippen molar-refractivity contribution in [1.82, 2.24) is 20.1 Å². The van der Waals surface area contributed by atoms with E-state index < -0.39 is 5.97 Å². The number of esters is 1. The van der Waals surface area contributed by atoms with Gasteiger partial charge in [0.1, 0.15) is 0 Å². The zero-order valence-corrected chi connectivity index (χ0v) is 23.4. The van der Waals surface area contributed by atoms with Crippen LogP contribution in [0.15, 0.2) is 30.3 Å². The van der Waals surface area contributed by atoms with E-state index in [1.165, 1.54) is 0 Å². The van der Waals surface area contributed by atoms with Gasteiger partial charge >= 0.3 is 5.97 Å². The number of fused-ring (bicyclic) bond motifs is 1. The predicted octanol–water partition coefficient (Wildman–Crippen LogP) is 4.69. The van der Waals surface area contributed by atoms with Crippen molar-refractivity contribution in [3.63, 3.8) is 0 Å².